The third kappa shape index (κ3) is 6.83. The van der Waals surface area contributed by atoms with Crippen LogP contribution in [0.25, 0.3) is 11.1 Å². The van der Waals surface area contributed by atoms with Crippen molar-refractivity contribution in [3.05, 3.63) is 101 Å². The molecule has 0 fully saturated rings. The molecule has 2 aromatic carbocycles. The van der Waals surface area contributed by atoms with Crippen LogP contribution >= 0.6 is 0 Å². The first-order chi connectivity index (χ1) is 17.9. The summed E-state index contributed by atoms with van der Waals surface area (Å²) >= 11 is 0. The van der Waals surface area contributed by atoms with Crippen molar-refractivity contribution in [2.45, 2.75) is 19.3 Å². The lowest BCUT2D eigenvalue weighted by Crippen LogP contribution is -2.22. The summed E-state index contributed by atoms with van der Waals surface area (Å²) in [5.74, 6) is 0.449. The number of aromatic hydroxyl groups is 1. The fraction of sp³-hybridized carbons (Fsp3) is 0.267. The molecule has 0 aliphatic heterocycles. The number of halogens is 1. The number of allylic oxidation sites excluding steroid dienone is 1. The van der Waals surface area contributed by atoms with Crippen molar-refractivity contribution >= 4 is 17.1 Å². The van der Waals surface area contributed by atoms with Crippen LogP contribution in [0.5, 0.6) is 11.5 Å². The first-order valence-corrected chi connectivity index (χ1v) is 12.4. The fourth-order valence-electron chi connectivity index (χ4n) is 4.44. The summed E-state index contributed by atoms with van der Waals surface area (Å²) in [6, 6.07) is 16.7. The number of carbonyl (C=O) groups excluding carboxylic acids is 1. The average Bonchev–Trinajstić information content (AvgIpc) is 3.07. The molecule has 192 valence electrons. The van der Waals surface area contributed by atoms with Crippen molar-refractivity contribution in [3.63, 3.8) is 0 Å². The highest BCUT2D eigenvalue weighted by molar-refractivity contribution is 6.00. The van der Waals surface area contributed by atoms with Gasteiger partial charge in [-0.05, 0) is 83.0 Å². The summed E-state index contributed by atoms with van der Waals surface area (Å²) in [5.41, 5.74) is 6.03. The van der Waals surface area contributed by atoms with Crippen LogP contribution in [0.15, 0.2) is 72.9 Å². The Balaban J connectivity index is 1.51. The van der Waals surface area contributed by atoms with E-state index in [4.69, 9.17) is 4.74 Å². The van der Waals surface area contributed by atoms with Crippen molar-refractivity contribution < 1.29 is 19.0 Å². The Bertz CT molecular complexity index is 1300. The first kappa shape index (κ1) is 26.1. The highest BCUT2D eigenvalue weighted by Gasteiger charge is 2.21. The quantitative estimate of drug-likeness (QED) is 0.250. The number of likely N-dealkylation sites (N-methyl/N-ethyl adjacent to an activating group) is 1. The summed E-state index contributed by atoms with van der Waals surface area (Å²) in [6.07, 6.45) is 7.35. The number of aryl methyl sites for hydroxylation is 1. The monoisotopic (exact) mass is 501 g/mol. The molecule has 1 aliphatic rings. The smallest absolute Gasteiger partial charge is 0.245 e. The van der Waals surface area contributed by atoms with E-state index in [1.807, 2.05) is 42.5 Å². The predicted molar refractivity (Wildman–Crippen MR) is 144 cm³/mol. The molecule has 1 heterocycles. The maximum Gasteiger partial charge on any atom is 0.245 e. The number of aromatic nitrogens is 1. The highest BCUT2D eigenvalue weighted by Crippen LogP contribution is 2.41. The minimum Gasteiger partial charge on any atom is -0.508 e. The lowest BCUT2D eigenvalue weighted by atomic mass is 9.88. The molecular weight excluding hydrogens is 469 g/mol. The van der Waals surface area contributed by atoms with Gasteiger partial charge in [0.1, 0.15) is 18.1 Å². The minimum absolute atomic E-state index is 0.0430. The number of pyridine rings is 1. The van der Waals surface area contributed by atoms with Gasteiger partial charge in [0.05, 0.1) is 0 Å². The van der Waals surface area contributed by atoms with Gasteiger partial charge >= 0.3 is 0 Å². The topological polar surface area (TPSA) is 74.7 Å². The van der Waals surface area contributed by atoms with Crippen molar-refractivity contribution in [2.75, 3.05) is 33.8 Å². The molecule has 0 saturated carbocycles. The Hall–Kier alpha value is -3.97. The largest absolute Gasteiger partial charge is 0.508 e. The van der Waals surface area contributed by atoms with Crippen LogP contribution in [0.2, 0.25) is 0 Å². The second-order valence-corrected chi connectivity index (χ2v) is 9.13. The lowest BCUT2D eigenvalue weighted by Gasteiger charge is -2.17. The van der Waals surface area contributed by atoms with Gasteiger partial charge in [0.25, 0.3) is 0 Å². The van der Waals surface area contributed by atoms with E-state index in [0.29, 0.717) is 19.7 Å². The predicted octanol–water partition coefficient (Wildman–Crippen LogP) is 4.83. The molecule has 0 spiro atoms. The molecule has 0 saturated heterocycles. The molecule has 0 radical (unpaired) electrons. The number of phenols is 1. The number of rotatable bonds is 9. The van der Waals surface area contributed by atoms with Crippen LogP contribution in [0.4, 0.5) is 4.39 Å². The molecule has 6 nitrogen and oxygen atoms in total. The number of nitrogens with zero attached hydrogens (tertiary/aromatic N) is 2. The Morgan fingerprint density at radius 1 is 1.11 bits per heavy atom. The third-order valence-electron chi connectivity index (χ3n) is 6.26. The summed E-state index contributed by atoms with van der Waals surface area (Å²) in [6.45, 7) is 1.71. The van der Waals surface area contributed by atoms with E-state index in [2.05, 4.69) is 10.3 Å². The van der Waals surface area contributed by atoms with Gasteiger partial charge in [-0.15, -0.1) is 0 Å². The van der Waals surface area contributed by atoms with Crippen LogP contribution in [0.1, 0.15) is 35.1 Å². The first-order valence-electron chi connectivity index (χ1n) is 12.4. The average molecular weight is 502 g/mol. The van der Waals surface area contributed by atoms with Crippen molar-refractivity contribution in [2.24, 2.45) is 0 Å². The second kappa shape index (κ2) is 12.3. The third-order valence-corrected chi connectivity index (χ3v) is 6.26. The van der Waals surface area contributed by atoms with E-state index in [9.17, 15) is 14.3 Å². The number of fused-ring (bicyclic) bond motifs is 1. The molecule has 4 rings (SSSR count). The number of ether oxygens (including phenoxy) is 1. The van der Waals surface area contributed by atoms with Crippen LogP contribution in [-0.4, -0.2) is 54.7 Å². The molecule has 1 amide bonds. The molecule has 7 heteroatoms. The molecule has 2 N–H and O–H groups in total. The van der Waals surface area contributed by atoms with E-state index in [-0.39, 0.29) is 11.7 Å². The van der Waals surface area contributed by atoms with Gasteiger partial charge in [-0.3, -0.25) is 4.79 Å². The zero-order valence-corrected chi connectivity index (χ0v) is 21.2. The van der Waals surface area contributed by atoms with Crippen molar-refractivity contribution in [3.8, 4) is 11.5 Å². The zero-order valence-electron chi connectivity index (χ0n) is 21.2. The number of hydrogen-bond donors (Lipinski definition) is 2. The maximum atomic E-state index is 14.0. The Morgan fingerprint density at radius 3 is 2.68 bits per heavy atom. The van der Waals surface area contributed by atoms with Gasteiger partial charge in [-0.1, -0.05) is 24.3 Å². The Labute approximate surface area is 217 Å². The minimum atomic E-state index is -0.503. The number of hydrogen-bond acceptors (Lipinski definition) is 5. The van der Waals surface area contributed by atoms with Crippen molar-refractivity contribution in [1.82, 2.24) is 15.2 Å². The SMILES string of the molecule is CN(C)C(=O)/C=C/CNCCOc1ccc(C2=C(c3ccnc(F)c3)CCCc3cc(O)ccc32)cc1. The van der Waals surface area contributed by atoms with Crippen LogP contribution in [-0.2, 0) is 11.2 Å². The molecule has 0 bridgehead atoms. The number of phenolic OH excluding ortho intramolecular Hbond substituents is 1. The lowest BCUT2D eigenvalue weighted by molar-refractivity contribution is -0.123. The number of carbonyl (C=O) groups is 1. The summed E-state index contributed by atoms with van der Waals surface area (Å²) < 4.78 is 19.9. The molecule has 1 aromatic heterocycles. The molecule has 37 heavy (non-hydrogen) atoms. The fourth-order valence-corrected chi connectivity index (χ4v) is 4.44. The zero-order chi connectivity index (χ0) is 26.2. The van der Waals surface area contributed by atoms with Crippen LogP contribution < -0.4 is 10.1 Å². The van der Waals surface area contributed by atoms with E-state index in [1.54, 1.807) is 32.3 Å². The molecular formula is C30H32FN3O3. The molecule has 1 aliphatic carbocycles. The van der Waals surface area contributed by atoms with E-state index in [1.165, 1.54) is 17.2 Å². The molecule has 0 atom stereocenters. The number of amides is 1. The van der Waals surface area contributed by atoms with Gasteiger partial charge < -0.3 is 20.1 Å². The number of benzene rings is 2. The van der Waals surface area contributed by atoms with Gasteiger partial charge in [-0.2, -0.15) is 4.39 Å². The maximum absolute atomic E-state index is 14.0. The van der Waals surface area contributed by atoms with Gasteiger partial charge in [0.2, 0.25) is 11.9 Å². The second-order valence-electron chi connectivity index (χ2n) is 9.13. The summed E-state index contributed by atoms with van der Waals surface area (Å²) in [5, 5.41) is 13.3. The van der Waals surface area contributed by atoms with Crippen LogP contribution in [0.3, 0.4) is 0 Å². The Kier molecular flexibility index (Phi) is 8.69. The molecule has 3 aromatic rings. The van der Waals surface area contributed by atoms with Gasteiger partial charge in [-0.25, -0.2) is 4.98 Å². The number of nitrogens with one attached hydrogen (secondary N) is 1. The molecule has 0 unspecified atom stereocenters. The van der Waals surface area contributed by atoms with Crippen molar-refractivity contribution in [1.29, 1.82) is 0 Å². The Morgan fingerprint density at radius 2 is 1.92 bits per heavy atom. The highest BCUT2D eigenvalue weighted by atomic mass is 19.1. The summed E-state index contributed by atoms with van der Waals surface area (Å²) in [4.78, 5) is 16.8. The van der Waals surface area contributed by atoms with E-state index < -0.39 is 5.95 Å². The standard InChI is InChI=1S/C30H32FN3O3/c1-34(2)29(36)7-4-15-32-17-18-37-25-11-8-21(9-12-25)30-26(23-14-16-33-28(31)20-23)6-3-5-22-19-24(35)10-13-27(22)30/h4,7-14,16,19-20,32,35H,3,5-6,15,17-18H2,1-2H3/b7-4+. The van der Waals surface area contributed by atoms with E-state index in [0.717, 1.165) is 58.4 Å². The van der Waals surface area contributed by atoms with Crippen LogP contribution in [0, 0.1) is 5.95 Å². The van der Waals surface area contributed by atoms with E-state index >= 15 is 0 Å². The van der Waals surface area contributed by atoms with Gasteiger partial charge in [0, 0.05) is 45.5 Å². The van der Waals surface area contributed by atoms with Gasteiger partial charge in [0.15, 0.2) is 0 Å². The normalized spacial score (nSPS) is 13.4. The summed E-state index contributed by atoms with van der Waals surface area (Å²) in [7, 11) is 3.43.